The maximum absolute atomic E-state index is 13.6. The molecule has 1 aromatic carbocycles. The molecule has 0 radical (unpaired) electrons. The summed E-state index contributed by atoms with van der Waals surface area (Å²) >= 11 is 5.90. The number of nitrogens with one attached hydrogen (secondary N) is 2. The van der Waals surface area contributed by atoms with Crippen molar-refractivity contribution in [1.82, 2.24) is 9.78 Å². The summed E-state index contributed by atoms with van der Waals surface area (Å²) < 4.78 is 46.9. The SMILES string of the molecule is O=C(Nc1cccc(Cl)c1)c1cnn2c1N[C@H](c1ccco1)C[C@@H]2C(F)(F)F. The van der Waals surface area contributed by atoms with E-state index in [1.165, 1.54) is 12.3 Å². The van der Waals surface area contributed by atoms with E-state index in [4.69, 9.17) is 16.0 Å². The Morgan fingerprint density at radius 2 is 2.14 bits per heavy atom. The molecule has 146 valence electrons. The number of fused-ring (bicyclic) bond motifs is 1. The van der Waals surface area contributed by atoms with Crippen LogP contribution in [0.3, 0.4) is 0 Å². The molecule has 6 nitrogen and oxygen atoms in total. The topological polar surface area (TPSA) is 72.1 Å². The average molecular weight is 411 g/mol. The number of hydrogen-bond acceptors (Lipinski definition) is 4. The number of rotatable bonds is 3. The van der Waals surface area contributed by atoms with Crippen molar-refractivity contribution >= 4 is 29.0 Å². The molecule has 0 saturated heterocycles. The number of carbonyl (C=O) groups excluding carboxylic acids is 1. The smallest absolute Gasteiger partial charge is 0.410 e. The van der Waals surface area contributed by atoms with E-state index in [9.17, 15) is 18.0 Å². The predicted octanol–water partition coefficient (Wildman–Crippen LogP) is 5.04. The van der Waals surface area contributed by atoms with Crippen molar-refractivity contribution in [2.45, 2.75) is 24.7 Å². The quantitative estimate of drug-likeness (QED) is 0.634. The monoisotopic (exact) mass is 410 g/mol. The Balaban J connectivity index is 1.68. The average Bonchev–Trinajstić information content (AvgIpc) is 3.29. The molecule has 1 aliphatic heterocycles. The molecule has 3 aromatic rings. The van der Waals surface area contributed by atoms with Gasteiger partial charge in [-0.15, -0.1) is 0 Å². The lowest BCUT2D eigenvalue weighted by molar-refractivity contribution is -0.174. The van der Waals surface area contributed by atoms with Gasteiger partial charge in [-0.3, -0.25) is 4.79 Å². The predicted molar refractivity (Wildman–Crippen MR) is 96.4 cm³/mol. The van der Waals surface area contributed by atoms with Gasteiger partial charge in [-0.25, -0.2) is 4.68 Å². The van der Waals surface area contributed by atoms with Gasteiger partial charge in [0.25, 0.3) is 5.91 Å². The molecule has 3 heterocycles. The van der Waals surface area contributed by atoms with Gasteiger partial charge in [-0.2, -0.15) is 18.3 Å². The molecule has 10 heteroatoms. The van der Waals surface area contributed by atoms with Crippen LogP contribution in [0.2, 0.25) is 5.02 Å². The molecule has 0 saturated carbocycles. The van der Waals surface area contributed by atoms with Gasteiger partial charge >= 0.3 is 6.18 Å². The summed E-state index contributed by atoms with van der Waals surface area (Å²) in [7, 11) is 0. The summed E-state index contributed by atoms with van der Waals surface area (Å²) in [6, 6.07) is 7.00. The third kappa shape index (κ3) is 3.45. The Labute approximate surface area is 162 Å². The third-order valence-electron chi connectivity index (χ3n) is 4.45. The van der Waals surface area contributed by atoms with Crippen LogP contribution in [0.15, 0.2) is 53.3 Å². The lowest BCUT2D eigenvalue weighted by atomic mass is 10.0. The van der Waals surface area contributed by atoms with Crippen LogP contribution in [-0.2, 0) is 0 Å². The van der Waals surface area contributed by atoms with E-state index < -0.39 is 24.2 Å². The van der Waals surface area contributed by atoms with Crippen molar-refractivity contribution in [3.63, 3.8) is 0 Å². The van der Waals surface area contributed by atoms with E-state index in [1.807, 2.05) is 0 Å². The van der Waals surface area contributed by atoms with Gasteiger partial charge in [0, 0.05) is 17.1 Å². The van der Waals surface area contributed by atoms with Crippen LogP contribution in [-0.4, -0.2) is 21.9 Å². The van der Waals surface area contributed by atoms with Crippen LogP contribution in [0.4, 0.5) is 24.7 Å². The van der Waals surface area contributed by atoms with Crippen molar-refractivity contribution in [2.75, 3.05) is 10.6 Å². The molecular formula is C18H14ClF3N4O2. The molecular weight excluding hydrogens is 397 g/mol. The van der Waals surface area contributed by atoms with E-state index in [0.717, 1.165) is 10.9 Å². The Morgan fingerprint density at radius 3 is 2.82 bits per heavy atom. The number of anilines is 2. The van der Waals surface area contributed by atoms with E-state index in [2.05, 4.69) is 15.7 Å². The summed E-state index contributed by atoms with van der Waals surface area (Å²) in [6.45, 7) is 0. The number of furan rings is 1. The highest BCUT2D eigenvalue weighted by Crippen LogP contribution is 2.44. The molecule has 0 aliphatic carbocycles. The number of amides is 1. The zero-order valence-electron chi connectivity index (χ0n) is 14.2. The lowest BCUT2D eigenvalue weighted by Gasteiger charge is -2.32. The second-order valence-corrected chi connectivity index (χ2v) is 6.76. The molecule has 1 amide bonds. The van der Waals surface area contributed by atoms with Gasteiger partial charge in [-0.05, 0) is 30.3 Å². The van der Waals surface area contributed by atoms with Crippen LogP contribution < -0.4 is 10.6 Å². The van der Waals surface area contributed by atoms with Gasteiger partial charge in [0.15, 0.2) is 6.04 Å². The number of nitrogens with zero attached hydrogens (tertiary/aromatic N) is 2. The molecule has 2 N–H and O–H groups in total. The fraction of sp³-hybridized carbons (Fsp3) is 0.222. The van der Waals surface area contributed by atoms with Gasteiger partial charge in [0.2, 0.25) is 0 Å². The van der Waals surface area contributed by atoms with E-state index in [1.54, 1.807) is 30.3 Å². The summed E-state index contributed by atoms with van der Waals surface area (Å²) in [5.41, 5.74) is 0.411. The minimum absolute atomic E-state index is 0.00881. The van der Waals surface area contributed by atoms with E-state index in [0.29, 0.717) is 16.5 Å². The standard InChI is InChI=1S/C18H14ClF3N4O2/c19-10-3-1-4-11(7-10)24-17(27)12-9-23-26-15(18(20,21)22)8-13(25-16(12)26)14-5-2-6-28-14/h1-7,9,13,15,25H,8H2,(H,24,27)/t13-,15+/m0/s1. The Bertz CT molecular complexity index is 1000. The summed E-state index contributed by atoms with van der Waals surface area (Å²) in [5.74, 6) is -0.269. The van der Waals surface area contributed by atoms with Gasteiger partial charge < -0.3 is 15.1 Å². The first-order valence-electron chi connectivity index (χ1n) is 8.34. The minimum atomic E-state index is -4.53. The number of aromatic nitrogens is 2. The fourth-order valence-corrected chi connectivity index (χ4v) is 3.36. The van der Waals surface area contributed by atoms with E-state index >= 15 is 0 Å². The first-order chi connectivity index (χ1) is 13.3. The highest BCUT2D eigenvalue weighted by Gasteiger charge is 2.47. The lowest BCUT2D eigenvalue weighted by Crippen LogP contribution is -2.36. The first kappa shape index (κ1) is 18.4. The van der Waals surface area contributed by atoms with Crippen LogP contribution in [0.5, 0.6) is 0 Å². The van der Waals surface area contributed by atoms with Gasteiger partial charge in [0.1, 0.15) is 17.1 Å². The molecule has 28 heavy (non-hydrogen) atoms. The number of alkyl halides is 3. The highest BCUT2D eigenvalue weighted by atomic mass is 35.5. The summed E-state index contributed by atoms with van der Waals surface area (Å²) in [4.78, 5) is 12.7. The molecule has 1 aliphatic rings. The highest BCUT2D eigenvalue weighted by molar-refractivity contribution is 6.31. The van der Waals surface area contributed by atoms with Crippen molar-refractivity contribution in [1.29, 1.82) is 0 Å². The zero-order chi connectivity index (χ0) is 19.9. The normalized spacial score (nSPS) is 19.0. The second-order valence-electron chi connectivity index (χ2n) is 6.32. The Kier molecular flexibility index (Phi) is 4.54. The van der Waals surface area contributed by atoms with Crippen molar-refractivity contribution in [3.8, 4) is 0 Å². The zero-order valence-corrected chi connectivity index (χ0v) is 15.0. The van der Waals surface area contributed by atoms with Crippen LogP contribution in [0.25, 0.3) is 0 Å². The molecule has 2 atom stereocenters. The first-order valence-corrected chi connectivity index (χ1v) is 8.72. The summed E-state index contributed by atoms with van der Waals surface area (Å²) in [6.07, 6.45) is -2.33. The maximum atomic E-state index is 13.6. The van der Waals surface area contributed by atoms with Crippen LogP contribution in [0, 0.1) is 0 Å². The Morgan fingerprint density at radius 1 is 1.32 bits per heavy atom. The third-order valence-corrected chi connectivity index (χ3v) is 4.69. The number of benzene rings is 1. The van der Waals surface area contributed by atoms with Crippen LogP contribution >= 0.6 is 11.6 Å². The second kappa shape index (κ2) is 6.90. The number of carbonyl (C=O) groups is 1. The molecule has 0 unspecified atom stereocenters. The molecule has 0 bridgehead atoms. The summed E-state index contributed by atoms with van der Waals surface area (Å²) in [5, 5.41) is 9.80. The molecule has 0 spiro atoms. The maximum Gasteiger partial charge on any atom is 0.410 e. The minimum Gasteiger partial charge on any atom is -0.467 e. The Hall–Kier alpha value is -2.94. The van der Waals surface area contributed by atoms with Crippen molar-refractivity contribution in [2.24, 2.45) is 0 Å². The van der Waals surface area contributed by atoms with Crippen LogP contribution in [0.1, 0.15) is 34.6 Å². The van der Waals surface area contributed by atoms with E-state index in [-0.39, 0.29) is 17.8 Å². The van der Waals surface area contributed by atoms with Crippen molar-refractivity contribution < 1.29 is 22.4 Å². The number of halogens is 4. The molecule has 2 aromatic heterocycles. The van der Waals surface area contributed by atoms with Crippen molar-refractivity contribution in [3.05, 3.63) is 65.2 Å². The fourth-order valence-electron chi connectivity index (χ4n) is 3.17. The van der Waals surface area contributed by atoms with Gasteiger partial charge in [-0.1, -0.05) is 17.7 Å². The molecule has 4 rings (SSSR count). The number of hydrogen-bond donors (Lipinski definition) is 2. The largest absolute Gasteiger partial charge is 0.467 e. The van der Waals surface area contributed by atoms with Gasteiger partial charge in [0.05, 0.1) is 18.5 Å². The molecule has 0 fully saturated rings.